The smallest absolute Gasteiger partial charge is 0.0540 e. The van der Waals surface area contributed by atoms with E-state index in [2.05, 4.69) is 47.4 Å². The van der Waals surface area contributed by atoms with Crippen molar-refractivity contribution in [2.24, 2.45) is 0 Å². The number of hydrogen-bond acceptors (Lipinski definition) is 3. The van der Waals surface area contributed by atoms with Gasteiger partial charge < -0.3 is 10.0 Å². The van der Waals surface area contributed by atoms with Crippen LogP contribution >= 0.6 is 0 Å². The van der Waals surface area contributed by atoms with E-state index >= 15 is 0 Å². The van der Waals surface area contributed by atoms with Crippen molar-refractivity contribution in [3.05, 3.63) is 53.9 Å². The third-order valence-corrected chi connectivity index (χ3v) is 5.07. The predicted molar refractivity (Wildman–Crippen MR) is 92.5 cm³/mol. The summed E-state index contributed by atoms with van der Waals surface area (Å²) in [6.07, 6.45) is 7.35. The second-order valence-corrected chi connectivity index (χ2v) is 6.64. The van der Waals surface area contributed by atoms with E-state index in [-0.39, 0.29) is 12.0 Å². The zero-order valence-electron chi connectivity index (χ0n) is 14.0. The second-order valence-electron chi connectivity index (χ2n) is 6.64. The predicted octanol–water partition coefficient (Wildman–Crippen LogP) is 2.47. The van der Waals surface area contributed by atoms with Crippen molar-refractivity contribution in [3.8, 4) is 0 Å². The quantitative estimate of drug-likeness (QED) is 0.891. The van der Waals surface area contributed by atoms with Gasteiger partial charge in [0.1, 0.15) is 0 Å². The lowest BCUT2D eigenvalue weighted by molar-refractivity contribution is 0.0900. The Balaban J connectivity index is 1.65. The summed E-state index contributed by atoms with van der Waals surface area (Å²) in [6.45, 7) is 6.35. The first-order valence-electron chi connectivity index (χ1n) is 8.66. The lowest BCUT2D eigenvalue weighted by Crippen LogP contribution is -2.48. The number of piperidine rings is 1. The Kier molecular flexibility index (Phi) is 5.13. The summed E-state index contributed by atoms with van der Waals surface area (Å²) in [5.41, 5.74) is 2.46. The van der Waals surface area contributed by atoms with Crippen molar-refractivity contribution in [2.45, 2.75) is 38.1 Å². The highest BCUT2D eigenvalue weighted by molar-refractivity contribution is 5.27. The Labute approximate surface area is 138 Å². The highest BCUT2D eigenvalue weighted by atomic mass is 16.3. The third-order valence-electron chi connectivity index (χ3n) is 5.07. The monoisotopic (exact) mass is 313 g/mol. The molecule has 0 bridgehead atoms. The molecule has 0 spiro atoms. The fourth-order valence-corrected chi connectivity index (χ4v) is 3.66. The molecule has 0 saturated carbocycles. The lowest BCUT2D eigenvalue weighted by Gasteiger charge is -2.42. The van der Waals surface area contributed by atoms with Gasteiger partial charge in [-0.2, -0.15) is 5.10 Å². The second kappa shape index (κ2) is 7.28. The van der Waals surface area contributed by atoms with Gasteiger partial charge in [-0.1, -0.05) is 30.3 Å². The minimum absolute atomic E-state index is 0.104. The molecule has 23 heavy (non-hydrogen) atoms. The van der Waals surface area contributed by atoms with Crippen LogP contribution in [-0.4, -0.2) is 46.0 Å². The number of aryl methyl sites for hydroxylation is 1. The van der Waals surface area contributed by atoms with Crippen LogP contribution in [0.25, 0.3) is 0 Å². The minimum atomic E-state index is -0.104. The standard InChI is InChI=1S/C19H27N3O/c1-2-22-14-17(13-20-22)9-12-21-11-6-10-19(15-21,16-23)18-7-4-3-5-8-18/h3-5,7-8,13-14,23H,2,6,9-12,15-16H2,1H3. The fourth-order valence-electron chi connectivity index (χ4n) is 3.66. The summed E-state index contributed by atoms with van der Waals surface area (Å²) in [4.78, 5) is 2.50. The molecule has 4 nitrogen and oxygen atoms in total. The zero-order chi connectivity index (χ0) is 16.1. The molecule has 1 aliphatic rings. The Morgan fingerprint density at radius 2 is 2.09 bits per heavy atom. The number of aliphatic hydroxyl groups excluding tert-OH is 1. The van der Waals surface area contributed by atoms with E-state index in [1.54, 1.807) is 0 Å². The summed E-state index contributed by atoms with van der Waals surface area (Å²) < 4.78 is 1.98. The number of benzene rings is 1. The summed E-state index contributed by atoms with van der Waals surface area (Å²) in [7, 11) is 0. The van der Waals surface area contributed by atoms with Gasteiger partial charge in [0.05, 0.1) is 12.8 Å². The normalized spacial score (nSPS) is 22.3. The van der Waals surface area contributed by atoms with Crippen LogP contribution in [0.15, 0.2) is 42.7 Å². The van der Waals surface area contributed by atoms with Crippen LogP contribution in [-0.2, 0) is 18.4 Å². The van der Waals surface area contributed by atoms with Crippen LogP contribution in [0.1, 0.15) is 30.9 Å². The molecule has 0 radical (unpaired) electrons. The number of likely N-dealkylation sites (tertiary alicyclic amines) is 1. The number of nitrogens with zero attached hydrogens (tertiary/aromatic N) is 3. The van der Waals surface area contributed by atoms with Gasteiger partial charge in [-0.3, -0.25) is 4.68 Å². The van der Waals surface area contributed by atoms with Crippen LogP contribution in [0.3, 0.4) is 0 Å². The van der Waals surface area contributed by atoms with Gasteiger partial charge >= 0.3 is 0 Å². The number of rotatable bonds is 6. The minimum Gasteiger partial charge on any atom is -0.395 e. The van der Waals surface area contributed by atoms with E-state index in [9.17, 15) is 5.11 Å². The van der Waals surface area contributed by atoms with Crippen LogP contribution in [0.2, 0.25) is 0 Å². The highest BCUT2D eigenvalue weighted by Crippen LogP contribution is 2.33. The molecular formula is C19H27N3O. The Bertz CT molecular complexity index is 610. The van der Waals surface area contributed by atoms with Gasteiger partial charge in [0.2, 0.25) is 0 Å². The van der Waals surface area contributed by atoms with Gasteiger partial charge in [-0.15, -0.1) is 0 Å². The number of hydrogen-bond donors (Lipinski definition) is 1. The molecule has 2 heterocycles. The third kappa shape index (κ3) is 3.65. The maximum Gasteiger partial charge on any atom is 0.0540 e. The molecule has 0 amide bonds. The zero-order valence-corrected chi connectivity index (χ0v) is 14.0. The molecule has 3 rings (SSSR count). The van der Waals surface area contributed by atoms with Gasteiger partial charge in [0.25, 0.3) is 0 Å². The van der Waals surface area contributed by atoms with E-state index in [0.29, 0.717) is 0 Å². The molecular weight excluding hydrogens is 286 g/mol. The Hall–Kier alpha value is -1.65. The molecule has 4 heteroatoms. The van der Waals surface area contributed by atoms with Crippen molar-refractivity contribution in [1.29, 1.82) is 0 Å². The first kappa shape index (κ1) is 16.2. The van der Waals surface area contributed by atoms with E-state index in [1.165, 1.54) is 11.1 Å². The molecule has 124 valence electrons. The maximum atomic E-state index is 10.1. The van der Waals surface area contributed by atoms with Gasteiger partial charge in [0, 0.05) is 31.2 Å². The van der Waals surface area contributed by atoms with Crippen molar-refractivity contribution < 1.29 is 5.11 Å². The van der Waals surface area contributed by atoms with E-state index in [4.69, 9.17) is 0 Å². The molecule has 1 aliphatic heterocycles. The van der Waals surface area contributed by atoms with Crippen LogP contribution in [0.5, 0.6) is 0 Å². The summed E-state index contributed by atoms with van der Waals surface area (Å²) in [5.74, 6) is 0. The molecule has 1 unspecified atom stereocenters. The molecule has 1 atom stereocenters. The van der Waals surface area contributed by atoms with Crippen LogP contribution in [0.4, 0.5) is 0 Å². The fraction of sp³-hybridized carbons (Fsp3) is 0.526. The van der Waals surface area contributed by atoms with Crippen molar-refractivity contribution in [2.75, 3.05) is 26.2 Å². The van der Waals surface area contributed by atoms with E-state index in [0.717, 1.165) is 45.4 Å². The Morgan fingerprint density at radius 1 is 1.26 bits per heavy atom. The molecule has 0 aliphatic carbocycles. The Morgan fingerprint density at radius 3 is 2.78 bits per heavy atom. The average Bonchev–Trinajstić information content (AvgIpc) is 3.09. The summed E-state index contributed by atoms with van der Waals surface area (Å²) in [6, 6.07) is 10.5. The molecule has 1 saturated heterocycles. The van der Waals surface area contributed by atoms with E-state index in [1.807, 2.05) is 16.9 Å². The van der Waals surface area contributed by atoms with Gasteiger partial charge in [0.15, 0.2) is 0 Å². The maximum absolute atomic E-state index is 10.1. The number of aliphatic hydroxyl groups is 1. The molecule has 1 aromatic carbocycles. The lowest BCUT2D eigenvalue weighted by atomic mass is 9.74. The summed E-state index contributed by atoms with van der Waals surface area (Å²) in [5, 5.41) is 14.4. The van der Waals surface area contributed by atoms with Crippen molar-refractivity contribution in [1.82, 2.24) is 14.7 Å². The van der Waals surface area contributed by atoms with Crippen LogP contribution in [0, 0.1) is 0 Å². The number of aromatic nitrogens is 2. The van der Waals surface area contributed by atoms with Crippen molar-refractivity contribution in [3.63, 3.8) is 0 Å². The molecule has 1 N–H and O–H groups in total. The first-order valence-corrected chi connectivity index (χ1v) is 8.66. The first-order chi connectivity index (χ1) is 11.3. The highest BCUT2D eigenvalue weighted by Gasteiger charge is 2.36. The van der Waals surface area contributed by atoms with E-state index < -0.39 is 0 Å². The van der Waals surface area contributed by atoms with Gasteiger partial charge in [-0.25, -0.2) is 0 Å². The summed E-state index contributed by atoms with van der Waals surface area (Å²) >= 11 is 0. The molecule has 1 aromatic heterocycles. The van der Waals surface area contributed by atoms with Gasteiger partial charge in [-0.05, 0) is 43.9 Å². The SMILES string of the molecule is CCn1cc(CCN2CCCC(CO)(c3ccccc3)C2)cn1. The molecule has 2 aromatic rings. The average molecular weight is 313 g/mol. The topological polar surface area (TPSA) is 41.3 Å². The van der Waals surface area contributed by atoms with Crippen molar-refractivity contribution >= 4 is 0 Å². The largest absolute Gasteiger partial charge is 0.395 e. The van der Waals surface area contributed by atoms with Crippen LogP contribution < -0.4 is 0 Å². The molecule has 1 fully saturated rings.